The van der Waals surface area contributed by atoms with Gasteiger partial charge in [-0.25, -0.2) is 0 Å². The summed E-state index contributed by atoms with van der Waals surface area (Å²) < 4.78 is 33.1. The van der Waals surface area contributed by atoms with Gasteiger partial charge in [-0.05, 0) is 13.3 Å². The fourth-order valence-electron chi connectivity index (χ4n) is 2.61. The maximum Gasteiger partial charge on any atom is 0.273 e. The fraction of sp³-hybridized carbons (Fsp3) is 1.00. The highest BCUT2D eigenvalue weighted by Gasteiger charge is 2.72. The van der Waals surface area contributed by atoms with E-state index in [0.717, 1.165) is 0 Å². The lowest BCUT2D eigenvalue weighted by molar-refractivity contribution is -0.0226. The van der Waals surface area contributed by atoms with Gasteiger partial charge in [0.05, 0.1) is 6.10 Å². The van der Waals surface area contributed by atoms with Crippen molar-refractivity contribution in [3.05, 3.63) is 0 Å². The van der Waals surface area contributed by atoms with Gasteiger partial charge >= 0.3 is 0 Å². The van der Waals surface area contributed by atoms with E-state index in [9.17, 15) is 13.5 Å². The third kappa shape index (κ3) is 0.721. The molecule has 3 heterocycles. The van der Waals surface area contributed by atoms with E-state index in [-0.39, 0.29) is 6.10 Å². The lowest BCUT2D eigenvalue weighted by Gasteiger charge is -2.26. The molecule has 5 nitrogen and oxygen atoms in total. The zero-order chi connectivity index (χ0) is 9.43. The van der Waals surface area contributed by atoms with Gasteiger partial charge in [-0.3, -0.25) is 4.18 Å². The molecular formula is C7H10O5S. The maximum absolute atomic E-state index is 11.4. The largest absolute Gasteiger partial charge is 0.387 e. The fourth-order valence-corrected chi connectivity index (χ4v) is 4.49. The van der Waals surface area contributed by atoms with Gasteiger partial charge in [0.15, 0.2) is 0 Å². The van der Waals surface area contributed by atoms with E-state index in [0.29, 0.717) is 6.42 Å². The Balaban J connectivity index is 2.18. The first-order chi connectivity index (χ1) is 5.95. The topological polar surface area (TPSA) is 72.8 Å². The molecule has 2 bridgehead atoms. The minimum atomic E-state index is -3.51. The van der Waals surface area contributed by atoms with Gasteiger partial charge in [0, 0.05) is 0 Å². The molecule has 3 fully saturated rings. The lowest BCUT2D eigenvalue weighted by atomic mass is 9.84. The SMILES string of the molecule is CC12OS(=O)(=O)C3CC(OC31)C2O. The van der Waals surface area contributed by atoms with E-state index in [1.807, 2.05) is 0 Å². The minimum Gasteiger partial charge on any atom is -0.387 e. The van der Waals surface area contributed by atoms with Crippen LogP contribution in [0.4, 0.5) is 0 Å². The summed E-state index contributed by atoms with van der Waals surface area (Å²) in [5.74, 6) is 0. The highest BCUT2D eigenvalue weighted by atomic mass is 32.2. The molecule has 6 heteroatoms. The molecule has 3 aliphatic rings. The summed E-state index contributed by atoms with van der Waals surface area (Å²) in [6, 6.07) is 0. The molecule has 0 aliphatic carbocycles. The summed E-state index contributed by atoms with van der Waals surface area (Å²) in [5.41, 5.74) is -1.04. The Morgan fingerprint density at radius 3 is 2.77 bits per heavy atom. The molecule has 0 amide bonds. The highest BCUT2D eigenvalue weighted by Crippen LogP contribution is 2.52. The van der Waals surface area contributed by atoms with E-state index in [2.05, 4.69) is 0 Å². The Labute approximate surface area is 75.8 Å². The molecule has 0 aromatic rings. The van der Waals surface area contributed by atoms with Crippen LogP contribution in [0.1, 0.15) is 13.3 Å². The Bertz CT molecular complexity index is 363. The summed E-state index contributed by atoms with van der Waals surface area (Å²) in [6.45, 7) is 1.60. The summed E-state index contributed by atoms with van der Waals surface area (Å²) in [6.07, 6.45) is -1.29. The number of aliphatic hydroxyl groups is 1. The van der Waals surface area contributed by atoms with E-state index in [1.165, 1.54) is 0 Å². The van der Waals surface area contributed by atoms with Gasteiger partial charge in [-0.15, -0.1) is 0 Å². The Hall–Kier alpha value is -0.170. The van der Waals surface area contributed by atoms with Crippen LogP contribution in [0.2, 0.25) is 0 Å². The zero-order valence-corrected chi connectivity index (χ0v) is 7.82. The van der Waals surface area contributed by atoms with Crippen LogP contribution < -0.4 is 0 Å². The van der Waals surface area contributed by atoms with Crippen LogP contribution in [0.3, 0.4) is 0 Å². The molecule has 3 saturated heterocycles. The molecule has 3 aliphatic heterocycles. The van der Waals surface area contributed by atoms with Gasteiger partial charge in [-0.2, -0.15) is 8.42 Å². The highest BCUT2D eigenvalue weighted by molar-refractivity contribution is 7.87. The summed E-state index contributed by atoms with van der Waals surface area (Å²) in [5, 5.41) is 9.12. The summed E-state index contributed by atoms with van der Waals surface area (Å²) in [7, 11) is -3.51. The summed E-state index contributed by atoms with van der Waals surface area (Å²) in [4.78, 5) is 0. The van der Waals surface area contributed by atoms with Crippen LogP contribution in [0.15, 0.2) is 0 Å². The van der Waals surface area contributed by atoms with Crippen LogP contribution in [-0.2, 0) is 19.0 Å². The first-order valence-corrected chi connectivity index (χ1v) is 5.70. The Morgan fingerprint density at radius 1 is 1.54 bits per heavy atom. The van der Waals surface area contributed by atoms with Crippen molar-refractivity contribution in [1.82, 2.24) is 0 Å². The second-order valence-corrected chi connectivity index (χ2v) is 5.83. The molecule has 1 N–H and O–H groups in total. The van der Waals surface area contributed by atoms with Crippen molar-refractivity contribution in [2.75, 3.05) is 0 Å². The van der Waals surface area contributed by atoms with Gasteiger partial charge in [-0.1, -0.05) is 0 Å². The van der Waals surface area contributed by atoms with Crippen molar-refractivity contribution in [1.29, 1.82) is 0 Å². The number of hydrogen-bond acceptors (Lipinski definition) is 5. The number of hydrogen-bond donors (Lipinski definition) is 1. The van der Waals surface area contributed by atoms with Crippen LogP contribution in [0.25, 0.3) is 0 Å². The van der Waals surface area contributed by atoms with Gasteiger partial charge in [0.1, 0.15) is 23.1 Å². The van der Waals surface area contributed by atoms with Gasteiger partial charge < -0.3 is 9.84 Å². The number of ether oxygens (including phenoxy) is 1. The molecule has 0 saturated carbocycles. The standard InChI is InChI=1S/C7H10O5S/c1-7-5(8)3-2-4(6(7)11-3)13(9,10)12-7/h3-6,8H,2H2,1H3. The van der Waals surface area contributed by atoms with Crippen molar-refractivity contribution < 1.29 is 22.4 Å². The second kappa shape index (κ2) is 1.93. The number of fused-ring (bicyclic) bond motifs is 1. The predicted molar refractivity (Wildman–Crippen MR) is 41.5 cm³/mol. The number of aliphatic hydroxyl groups excluding tert-OH is 1. The van der Waals surface area contributed by atoms with Crippen LogP contribution >= 0.6 is 0 Å². The van der Waals surface area contributed by atoms with Crippen LogP contribution in [0.5, 0.6) is 0 Å². The average molecular weight is 206 g/mol. The third-order valence-corrected chi connectivity index (χ3v) is 5.07. The van der Waals surface area contributed by atoms with E-state index >= 15 is 0 Å². The van der Waals surface area contributed by atoms with Gasteiger partial charge in [0.2, 0.25) is 0 Å². The minimum absolute atomic E-state index is 0.364. The van der Waals surface area contributed by atoms with E-state index < -0.39 is 33.2 Å². The smallest absolute Gasteiger partial charge is 0.273 e. The lowest BCUT2D eigenvalue weighted by Crippen LogP contribution is -2.48. The molecule has 13 heavy (non-hydrogen) atoms. The monoisotopic (exact) mass is 206 g/mol. The van der Waals surface area contributed by atoms with Crippen LogP contribution in [0, 0.1) is 0 Å². The first-order valence-electron chi connectivity index (χ1n) is 4.23. The molecule has 0 aromatic carbocycles. The van der Waals surface area contributed by atoms with Crippen molar-refractivity contribution in [3.63, 3.8) is 0 Å². The number of rotatable bonds is 0. The third-order valence-electron chi connectivity index (χ3n) is 3.29. The van der Waals surface area contributed by atoms with Crippen molar-refractivity contribution >= 4 is 10.1 Å². The molecular weight excluding hydrogens is 196 g/mol. The second-order valence-electron chi connectivity index (χ2n) is 4.07. The molecule has 0 spiro atoms. The first kappa shape index (κ1) is 8.16. The van der Waals surface area contributed by atoms with E-state index in [1.54, 1.807) is 6.92 Å². The molecule has 74 valence electrons. The Kier molecular flexibility index (Phi) is 1.21. The quantitative estimate of drug-likeness (QED) is 0.515. The van der Waals surface area contributed by atoms with Gasteiger partial charge in [0.25, 0.3) is 10.1 Å². The molecule has 5 atom stereocenters. The van der Waals surface area contributed by atoms with Crippen molar-refractivity contribution in [2.24, 2.45) is 0 Å². The molecule has 5 unspecified atom stereocenters. The zero-order valence-electron chi connectivity index (χ0n) is 7.00. The van der Waals surface area contributed by atoms with Crippen LogP contribution in [-0.4, -0.2) is 42.7 Å². The molecule has 0 radical (unpaired) electrons. The van der Waals surface area contributed by atoms with Crippen molar-refractivity contribution in [2.45, 2.75) is 42.5 Å². The molecule has 0 aromatic heterocycles. The maximum atomic E-state index is 11.4. The predicted octanol–water partition coefficient (Wildman–Crippen LogP) is -0.994. The van der Waals surface area contributed by atoms with Crippen molar-refractivity contribution in [3.8, 4) is 0 Å². The normalized spacial score (nSPS) is 61.7. The molecule has 3 rings (SSSR count). The van der Waals surface area contributed by atoms with E-state index in [4.69, 9.17) is 8.92 Å². The Morgan fingerprint density at radius 2 is 2.23 bits per heavy atom. The average Bonchev–Trinajstić information content (AvgIpc) is 2.55. The summed E-state index contributed by atoms with van der Waals surface area (Å²) >= 11 is 0.